The number of furan rings is 1. The summed E-state index contributed by atoms with van der Waals surface area (Å²) in [6.45, 7) is 2.01. The molecule has 1 atom stereocenters. The third-order valence-electron chi connectivity index (χ3n) is 1.75. The molecule has 4 heteroatoms. The molecule has 1 rings (SSSR count). The molecule has 1 aromatic heterocycles. The first-order valence-electron chi connectivity index (χ1n) is 4.35. The zero-order chi connectivity index (χ0) is 10.4. The number of ether oxygens (including phenoxy) is 1. The Morgan fingerprint density at radius 3 is 3.07 bits per heavy atom. The van der Waals surface area contributed by atoms with Crippen LogP contribution >= 0.6 is 0 Å². The molecule has 0 bridgehead atoms. The standard InChI is InChI=1S/C10H11NO3/c1-2-14-10(12)9(6-11)5-8-3-4-13-7-8/h3-4,7,9H,2,5H2,1H3. The zero-order valence-electron chi connectivity index (χ0n) is 7.90. The molecule has 0 saturated heterocycles. The van der Waals surface area contributed by atoms with Gasteiger partial charge in [0.1, 0.15) is 5.92 Å². The van der Waals surface area contributed by atoms with E-state index in [1.165, 1.54) is 12.5 Å². The largest absolute Gasteiger partial charge is 0.472 e. The molecular formula is C10H11NO3. The van der Waals surface area contributed by atoms with Crippen molar-refractivity contribution in [2.45, 2.75) is 13.3 Å². The summed E-state index contributed by atoms with van der Waals surface area (Å²) in [5.41, 5.74) is 0.824. The van der Waals surface area contributed by atoms with Gasteiger partial charge < -0.3 is 9.15 Å². The highest BCUT2D eigenvalue weighted by molar-refractivity contribution is 5.75. The van der Waals surface area contributed by atoms with Crippen LogP contribution in [0.3, 0.4) is 0 Å². The molecule has 0 amide bonds. The Labute approximate surface area is 82.1 Å². The van der Waals surface area contributed by atoms with Crippen LogP contribution in [0.15, 0.2) is 23.0 Å². The van der Waals surface area contributed by atoms with Gasteiger partial charge >= 0.3 is 5.97 Å². The molecule has 1 aromatic rings. The highest BCUT2D eigenvalue weighted by Crippen LogP contribution is 2.10. The fraction of sp³-hybridized carbons (Fsp3) is 0.400. The van der Waals surface area contributed by atoms with Crippen LogP contribution in [0.5, 0.6) is 0 Å². The minimum atomic E-state index is -0.743. The third kappa shape index (κ3) is 2.63. The molecule has 0 radical (unpaired) electrons. The first kappa shape index (κ1) is 10.3. The van der Waals surface area contributed by atoms with Crippen LogP contribution in [-0.4, -0.2) is 12.6 Å². The van der Waals surface area contributed by atoms with E-state index in [4.69, 9.17) is 14.4 Å². The van der Waals surface area contributed by atoms with E-state index in [0.29, 0.717) is 13.0 Å². The summed E-state index contributed by atoms with van der Waals surface area (Å²) >= 11 is 0. The normalized spacial score (nSPS) is 11.7. The van der Waals surface area contributed by atoms with Crippen molar-refractivity contribution in [1.82, 2.24) is 0 Å². The van der Waals surface area contributed by atoms with Crippen LogP contribution in [0, 0.1) is 17.2 Å². The van der Waals surface area contributed by atoms with Crippen LogP contribution in [0.4, 0.5) is 0 Å². The molecule has 14 heavy (non-hydrogen) atoms. The summed E-state index contributed by atoms with van der Waals surface area (Å²) in [7, 11) is 0. The molecule has 0 saturated carbocycles. The van der Waals surface area contributed by atoms with Crippen molar-refractivity contribution in [1.29, 1.82) is 5.26 Å². The molecule has 4 nitrogen and oxygen atoms in total. The van der Waals surface area contributed by atoms with Crippen LogP contribution in [0.2, 0.25) is 0 Å². The average Bonchev–Trinajstić information content (AvgIpc) is 2.66. The van der Waals surface area contributed by atoms with Crippen molar-refractivity contribution in [3.8, 4) is 6.07 Å². The number of carbonyl (C=O) groups excluding carboxylic acids is 1. The van der Waals surface area contributed by atoms with Crippen molar-refractivity contribution in [2.75, 3.05) is 6.61 Å². The fourth-order valence-electron chi connectivity index (χ4n) is 1.07. The van der Waals surface area contributed by atoms with Crippen molar-refractivity contribution in [3.05, 3.63) is 24.2 Å². The Hall–Kier alpha value is -1.76. The van der Waals surface area contributed by atoms with E-state index in [-0.39, 0.29) is 0 Å². The van der Waals surface area contributed by atoms with Gasteiger partial charge in [-0.25, -0.2) is 0 Å². The minimum Gasteiger partial charge on any atom is -0.472 e. The molecule has 0 aliphatic heterocycles. The Morgan fingerprint density at radius 2 is 2.57 bits per heavy atom. The molecule has 0 aromatic carbocycles. The smallest absolute Gasteiger partial charge is 0.323 e. The van der Waals surface area contributed by atoms with E-state index in [0.717, 1.165) is 5.56 Å². The number of hydrogen-bond donors (Lipinski definition) is 0. The summed E-state index contributed by atoms with van der Waals surface area (Å²) in [6, 6.07) is 3.63. The Bertz CT molecular complexity index is 324. The molecule has 1 unspecified atom stereocenters. The SMILES string of the molecule is CCOC(=O)C(C#N)Cc1ccoc1. The number of carbonyl (C=O) groups is 1. The maximum absolute atomic E-state index is 11.2. The lowest BCUT2D eigenvalue weighted by Gasteiger charge is -2.05. The van der Waals surface area contributed by atoms with Crippen LogP contribution < -0.4 is 0 Å². The van der Waals surface area contributed by atoms with Gasteiger partial charge in [0.15, 0.2) is 0 Å². The summed E-state index contributed by atoms with van der Waals surface area (Å²) < 4.78 is 9.59. The molecule has 0 N–H and O–H groups in total. The van der Waals surface area contributed by atoms with Gasteiger partial charge in [0.25, 0.3) is 0 Å². The summed E-state index contributed by atoms with van der Waals surface area (Å²) in [5.74, 6) is -1.22. The van der Waals surface area contributed by atoms with Gasteiger partial charge in [-0.05, 0) is 18.6 Å². The van der Waals surface area contributed by atoms with Crippen LogP contribution in [0.25, 0.3) is 0 Å². The lowest BCUT2D eigenvalue weighted by Crippen LogP contribution is -2.18. The molecule has 1 heterocycles. The van der Waals surface area contributed by atoms with E-state index in [1.54, 1.807) is 13.0 Å². The second kappa shape index (κ2) is 5.07. The van der Waals surface area contributed by atoms with Gasteiger partial charge in [-0.1, -0.05) is 0 Å². The predicted octanol–water partition coefficient (Wildman–Crippen LogP) is 1.52. The molecule has 74 valence electrons. The maximum atomic E-state index is 11.2. The number of esters is 1. The summed E-state index contributed by atoms with van der Waals surface area (Å²) in [4.78, 5) is 11.2. The van der Waals surface area contributed by atoms with Crippen LogP contribution in [0.1, 0.15) is 12.5 Å². The Morgan fingerprint density at radius 1 is 1.79 bits per heavy atom. The first-order valence-corrected chi connectivity index (χ1v) is 4.35. The average molecular weight is 193 g/mol. The topological polar surface area (TPSA) is 63.2 Å². The van der Waals surface area contributed by atoms with Crippen molar-refractivity contribution in [2.24, 2.45) is 5.92 Å². The first-order chi connectivity index (χ1) is 6.77. The van der Waals surface area contributed by atoms with Gasteiger partial charge in [0, 0.05) is 6.42 Å². The molecular weight excluding hydrogens is 182 g/mol. The second-order valence-electron chi connectivity index (χ2n) is 2.77. The number of nitriles is 1. The maximum Gasteiger partial charge on any atom is 0.323 e. The third-order valence-corrected chi connectivity index (χ3v) is 1.75. The van der Waals surface area contributed by atoms with E-state index < -0.39 is 11.9 Å². The highest BCUT2D eigenvalue weighted by Gasteiger charge is 2.19. The van der Waals surface area contributed by atoms with Crippen molar-refractivity contribution < 1.29 is 13.9 Å². The Balaban J connectivity index is 2.56. The molecule has 0 aliphatic rings. The van der Waals surface area contributed by atoms with Crippen molar-refractivity contribution >= 4 is 5.97 Å². The summed E-state index contributed by atoms with van der Waals surface area (Å²) in [6.07, 6.45) is 3.37. The Kier molecular flexibility index (Phi) is 3.74. The van der Waals surface area contributed by atoms with E-state index in [2.05, 4.69) is 0 Å². The monoisotopic (exact) mass is 193 g/mol. The number of hydrogen-bond acceptors (Lipinski definition) is 4. The molecule has 0 fully saturated rings. The predicted molar refractivity (Wildman–Crippen MR) is 48.1 cm³/mol. The molecule has 0 spiro atoms. The lowest BCUT2D eigenvalue weighted by atomic mass is 10.0. The summed E-state index contributed by atoms with van der Waals surface area (Å²) in [5, 5.41) is 8.74. The van der Waals surface area contributed by atoms with Gasteiger partial charge in [0.05, 0.1) is 25.2 Å². The number of rotatable bonds is 4. The fourth-order valence-corrected chi connectivity index (χ4v) is 1.07. The lowest BCUT2D eigenvalue weighted by molar-refractivity contribution is -0.145. The minimum absolute atomic E-state index is 0.294. The zero-order valence-corrected chi connectivity index (χ0v) is 7.90. The molecule has 0 aliphatic carbocycles. The van der Waals surface area contributed by atoms with E-state index in [1.807, 2.05) is 6.07 Å². The van der Waals surface area contributed by atoms with Crippen molar-refractivity contribution in [3.63, 3.8) is 0 Å². The van der Waals surface area contributed by atoms with Gasteiger partial charge in [-0.2, -0.15) is 5.26 Å². The number of nitrogens with zero attached hydrogens (tertiary/aromatic N) is 1. The van der Waals surface area contributed by atoms with E-state index in [9.17, 15) is 4.79 Å². The van der Waals surface area contributed by atoms with E-state index >= 15 is 0 Å². The van der Waals surface area contributed by atoms with Gasteiger partial charge in [0.2, 0.25) is 0 Å². The van der Waals surface area contributed by atoms with Gasteiger partial charge in [-0.15, -0.1) is 0 Å². The van der Waals surface area contributed by atoms with Gasteiger partial charge in [-0.3, -0.25) is 4.79 Å². The second-order valence-corrected chi connectivity index (χ2v) is 2.77. The van der Waals surface area contributed by atoms with Crippen LogP contribution in [-0.2, 0) is 16.0 Å². The highest BCUT2D eigenvalue weighted by atomic mass is 16.5. The quantitative estimate of drug-likeness (QED) is 0.680.